The number of non-ortho nitro benzene ring substituents is 1. The number of rotatable bonds is 9. The van der Waals surface area contributed by atoms with E-state index in [2.05, 4.69) is 0 Å². The van der Waals surface area contributed by atoms with E-state index in [9.17, 15) is 24.5 Å². The predicted octanol–water partition coefficient (Wildman–Crippen LogP) is 5.59. The van der Waals surface area contributed by atoms with E-state index in [1.807, 2.05) is 0 Å². The van der Waals surface area contributed by atoms with Crippen LogP contribution in [0, 0.1) is 10.1 Å². The van der Waals surface area contributed by atoms with Gasteiger partial charge in [-0.15, -0.1) is 0 Å². The summed E-state index contributed by atoms with van der Waals surface area (Å²) in [5.41, 5.74) is 0.504. The highest BCUT2D eigenvalue weighted by Crippen LogP contribution is 2.35. The topological polar surface area (TPSA) is 125 Å². The maximum Gasteiger partial charge on any atom is 0.343 e. The number of carbonyl (C=O) groups is 3. The van der Waals surface area contributed by atoms with Crippen LogP contribution in [0.5, 0.6) is 17.2 Å². The molecule has 0 saturated carbocycles. The van der Waals surface area contributed by atoms with Crippen LogP contribution < -0.4 is 14.2 Å². The van der Waals surface area contributed by atoms with Crippen molar-refractivity contribution in [3.63, 3.8) is 0 Å². The van der Waals surface area contributed by atoms with Crippen molar-refractivity contribution in [1.29, 1.82) is 0 Å². The summed E-state index contributed by atoms with van der Waals surface area (Å²) in [6.07, 6.45) is 1.53. The van der Waals surface area contributed by atoms with E-state index in [4.69, 9.17) is 25.8 Å². The first kappa shape index (κ1) is 26.7. The van der Waals surface area contributed by atoms with Gasteiger partial charge in [0, 0.05) is 12.1 Å². The number of nitrogens with zero attached hydrogens (tertiary/aromatic N) is 2. The molecule has 1 fully saturated rings. The molecule has 1 saturated heterocycles. The van der Waals surface area contributed by atoms with Crippen LogP contribution in [0.4, 0.5) is 10.5 Å². The molecule has 0 bridgehead atoms. The first-order valence-electron chi connectivity index (χ1n) is 11.0. The highest BCUT2D eigenvalue weighted by molar-refractivity contribution is 8.18. The summed E-state index contributed by atoms with van der Waals surface area (Å²) < 4.78 is 16.3. The molecule has 12 heteroatoms. The van der Waals surface area contributed by atoms with E-state index in [-0.39, 0.29) is 40.8 Å². The van der Waals surface area contributed by atoms with Gasteiger partial charge in [-0.3, -0.25) is 24.6 Å². The number of carbonyl (C=O) groups excluding carboxylic acids is 3. The lowest BCUT2D eigenvalue weighted by Crippen LogP contribution is -2.32. The fourth-order valence-corrected chi connectivity index (χ4v) is 4.44. The third-order valence-corrected chi connectivity index (χ3v) is 6.50. The molecule has 3 aromatic carbocycles. The lowest BCUT2D eigenvalue weighted by molar-refractivity contribution is -0.384. The summed E-state index contributed by atoms with van der Waals surface area (Å²) in [5.74, 6) is -0.418. The molecule has 10 nitrogen and oxygen atoms in total. The van der Waals surface area contributed by atoms with Crippen molar-refractivity contribution in [3.8, 4) is 17.2 Å². The zero-order valence-electron chi connectivity index (χ0n) is 19.8. The Hall–Kier alpha value is -4.35. The highest BCUT2D eigenvalue weighted by atomic mass is 35.5. The van der Waals surface area contributed by atoms with Crippen molar-refractivity contribution in [2.75, 3.05) is 20.3 Å². The van der Waals surface area contributed by atoms with Gasteiger partial charge >= 0.3 is 5.97 Å². The largest absolute Gasteiger partial charge is 0.493 e. The van der Waals surface area contributed by atoms with E-state index in [1.165, 1.54) is 43.5 Å². The van der Waals surface area contributed by atoms with Crippen LogP contribution in [0.15, 0.2) is 71.6 Å². The van der Waals surface area contributed by atoms with Gasteiger partial charge in [-0.25, -0.2) is 4.79 Å². The number of esters is 1. The van der Waals surface area contributed by atoms with Crippen molar-refractivity contribution >= 4 is 52.2 Å². The molecule has 0 aliphatic carbocycles. The smallest absolute Gasteiger partial charge is 0.343 e. The number of ether oxygens (including phenoxy) is 3. The SMILES string of the molecule is COc1cc(/C=C2\SC(=O)N(CCOc3ccccc3Cl)C2=O)ccc1OC(=O)c1ccc([N+](=O)[O-])cc1. The molecule has 0 spiro atoms. The van der Waals surface area contributed by atoms with Crippen LogP contribution in [-0.2, 0) is 4.79 Å². The molecule has 0 atom stereocenters. The summed E-state index contributed by atoms with van der Waals surface area (Å²) in [7, 11) is 1.38. The molecule has 2 amide bonds. The van der Waals surface area contributed by atoms with Crippen LogP contribution in [0.3, 0.4) is 0 Å². The van der Waals surface area contributed by atoms with Gasteiger partial charge in [-0.05, 0) is 59.8 Å². The minimum Gasteiger partial charge on any atom is -0.493 e. The van der Waals surface area contributed by atoms with Crippen molar-refractivity contribution < 1.29 is 33.5 Å². The molecule has 1 heterocycles. The quantitative estimate of drug-likeness (QED) is 0.109. The number of amides is 2. The molecule has 0 radical (unpaired) electrons. The van der Waals surface area contributed by atoms with E-state index >= 15 is 0 Å². The molecular formula is C26H19ClN2O8S. The Labute approximate surface area is 225 Å². The fraction of sp³-hybridized carbons (Fsp3) is 0.115. The Morgan fingerprint density at radius 3 is 2.47 bits per heavy atom. The van der Waals surface area contributed by atoms with Gasteiger partial charge in [0.25, 0.3) is 16.8 Å². The van der Waals surface area contributed by atoms with E-state index in [1.54, 1.807) is 36.4 Å². The molecule has 194 valence electrons. The molecular weight excluding hydrogens is 536 g/mol. The first-order valence-corrected chi connectivity index (χ1v) is 12.2. The van der Waals surface area contributed by atoms with Gasteiger partial charge in [0.15, 0.2) is 11.5 Å². The number of halogens is 1. The number of hydrogen-bond donors (Lipinski definition) is 0. The van der Waals surface area contributed by atoms with Crippen molar-refractivity contribution in [1.82, 2.24) is 4.90 Å². The molecule has 1 aliphatic rings. The van der Waals surface area contributed by atoms with Crippen molar-refractivity contribution in [2.24, 2.45) is 0 Å². The van der Waals surface area contributed by atoms with Gasteiger partial charge in [0.2, 0.25) is 0 Å². The van der Waals surface area contributed by atoms with E-state index in [0.29, 0.717) is 16.3 Å². The molecule has 38 heavy (non-hydrogen) atoms. The van der Waals surface area contributed by atoms with Gasteiger partial charge < -0.3 is 14.2 Å². The molecule has 1 aliphatic heterocycles. The van der Waals surface area contributed by atoms with Gasteiger partial charge in [0.05, 0.1) is 34.1 Å². The van der Waals surface area contributed by atoms with Crippen molar-refractivity contribution in [3.05, 3.63) is 97.9 Å². The summed E-state index contributed by atoms with van der Waals surface area (Å²) in [6.45, 7) is 0.131. The number of imide groups is 1. The molecule has 0 N–H and O–H groups in total. The Kier molecular flexibility index (Phi) is 8.29. The second kappa shape index (κ2) is 11.8. The number of nitro benzene ring substituents is 1. The maximum atomic E-state index is 12.8. The van der Waals surface area contributed by atoms with Crippen LogP contribution in [-0.4, -0.2) is 47.2 Å². The lowest BCUT2D eigenvalue weighted by atomic mass is 10.1. The number of para-hydroxylation sites is 1. The van der Waals surface area contributed by atoms with Crippen LogP contribution in [0.1, 0.15) is 15.9 Å². The van der Waals surface area contributed by atoms with Gasteiger partial charge in [-0.2, -0.15) is 0 Å². The highest BCUT2D eigenvalue weighted by Gasteiger charge is 2.35. The number of thioether (sulfide) groups is 1. The predicted molar refractivity (Wildman–Crippen MR) is 141 cm³/mol. The third-order valence-electron chi connectivity index (χ3n) is 5.28. The van der Waals surface area contributed by atoms with Gasteiger partial charge in [-0.1, -0.05) is 29.8 Å². The Balaban J connectivity index is 1.42. The number of nitro groups is 1. The van der Waals surface area contributed by atoms with Crippen LogP contribution in [0.2, 0.25) is 5.02 Å². The molecule has 0 unspecified atom stereocenters. The Bertz CT molecular complexity index is 1440. The second-order valence-corrected chi connectivity index (χ2v) is 9.12. The minimum atomic E-state index is -0.730. The first-order chi connectivity index (χ1) is 18.3. The van der Waals surface area contributed by atoms with Crippen LogP contribution in [0.25, 0.3) is 6.08 Å². The maximum absolute atomic E-state index is 12.8. The summed E-state index contributed by atoms with van der Waals surface area (Å²) in [6, 6.07) is 16.5. The standard InChI is InChI=1S/C26H19ClN2O8S/c1-35-22-14-16(6-11-21(22)37-25(31)17-7-9-18(10-8-17)29(33)34)15-23-24(30)28(26(32)38-23)12-13-36-20-5-3-2-4-19(20)27/h2-11,14-15H,12-13H2,1H3/b23-15-. The Morgan fingerprint density at radius 1 is 1.05 bits per heavy atom. The molecule has 4 rings (SSSR count). The Morgan fingerprint density at radius 2 is 1.79 bits per heavy atom. The zero-order chi connectivity index (χ0) is 27.2. The summed E-state index contributed by atoms with van der Waals surface area (Å²) in [4.78, 5) is 49.2. The number of hydrogen-bond acceptors (Lipinski definition) is 9. The fourth-order valence-electron chi connectivity index (χ4n) is 3.39. The zero-order valence-corrected chi connectivity index (χ0v) is 21.4. The third kappa shape index (κ3) is 6.13. The normalized spacial score (nSPS) is 14.1. The average Bonchev–Trinajstić information content (AvgIpc) is 3.17. The number of benzene rings is 3. The average molecular weight is 555 g/mol. The van der Waals surface area contributed by atoms with Gasteiger partial charge in [0.1, 0.15) is 12.4 Å². The lowest BCUT2D eigenvalue weighted by Gasteiger charge is -2.13. The molecule has 0 aromatic heterocycles. The molecule has 3 aromatic rings. The summed E-state index contributed by atoms with van der Waals surface area (Å²) in [5, 5.41) is 10.8. The van der Waals surface area contributed by atoms with Crippen LogP contribution >= 0.6 is 23.4 Å². The summed E-state index contributed by atoms with van der Waals surface area (Å²) >= 11 is 6.85. The number of methoxy groups -OCH3 is 1. The minimum absolute atomic E-state index is 0.0497. The van der Waals surface area contributed by atoms with E-state index < -0.39 is 22.0 Å². The monoisotopic (exact) mass is 554 g/mol. The van der Waals surface area contributed by atoms with Crippen molar-refractivity contribution in [2.45, 2.75) is 0 Å². The second-order valence-electron chi connectivity index (χ2n) is 7.72. The van der Waals surface area contributed by atoms with E-state index in [0.717, 1.165) is 16.7 Å².